The second kappa shape index (κ2) is 9.74. The van der Waals surface area contributed by atoms with E-state index >= 15 is 0 Å². The van der Waals surface area contributed by atoms with Crippen LogP contribution in [-0.2, 0) is 0 Å². The van der Waals surface area contributed by atoms with Gasteiger partial charge in [-0.15, -0.1) is 11.3 Å². The van der Waals surface area contributed by atoms with Crippen LogP contribution < -0.4 is 0 Å². The van der Waals surface area contributed by atoms with E-state index in [9.17, 15) is 0 Å². The van der Waals surface area contributed by atoms with Gasteiger partial charge < -0.3 is 4.57 Å². The number of rotatable bonds is 3. The first-order chi connectivity index (χ1) is 23.8. The molecule has 0 saturated heterocycles. The summed E-state index contributed by atoms with van der Waals surface area (Å²) in [5.41, 5.74) is 14.3. The lowest BCUT2D eigenvalue weighted by atomic mass is 9.99. The van der Waals surface area contributed by atoms with Crippen molar-refractivity contribution < 1.29 is 0 Å². The summed E-state index contributed by atoms with van der Waals surface area (Å²) in [5, 5.41) is 6.36. The Morgan fingerprint density at radius 3 is 1.88 bits per heavy atom. The molecule has 0 radical (unpaired) electrons. The highest BCUT2D eigenvalue weighted by Crippen LogP contribution is 2.48. The fraction of sp³-hybridized carbons (Fsp3) is 0. The number of para-hydroxylation sites is 1. The lowest BCUT2D eigenvalue weighted by molar-refractivity contribution is 1.18. The molecule has 0 unspecified atom stereocenters. The fourth-order valence-electron chi connectivity index (χ4n) is 7.95. The van der Waals surface area contributed by atoms with Crippen molar-refractivity contribution in [3.63, 3.8) is 0 Å². The van der Waals surface area contributed by atoms with Crippen molar-refractivity contribution >= 4 is 64.2 Å². The minimum Gasteiger partial charge on any atom is -0.309 e. The number of nitrogens with zero attached hydrogens (tertiary/aromatic N) is 2. The van der Waals surface area contributed by atoms with Crippen LogP contribution >= 0.6 is 11.3 Å². The van der Waals surface area contributed by atoms with E-state index in [0.717, 1.165) is 22.5 Å². The summed E-state index contributed by atoms with van der Waals surface area (Å²) in [6.07, 6.45) is 0. The van der Waals surface area contributed by atoms with Crippen LogP contribution in [0.25, 0.3) is 103 Å². The first-order valence-corrected chi connectivity index (χ1v) is 17.2. The van der Waals surface area contributed by atoms with Gasteiger partial charge in [0, 0.05) is 47.6 Å². The highest BCUT2D eigenvalue weighted by molar-refractivity contribution is 7.25. The molecule has 48 heavy (non-hydrogen) atoms. The van der Waals surface area contributed by atoms with Crippen LogP contribution in [0.2, 0.25) is 0 Å². The molecule has 1 aliphatic carbocycles. The van der Waals surface area contributed by atoms with E-state index in [2.05, 4.69) is 162 Å². The highest BCUT2D eigenvalue weighted by atomic mass is 32.1. The third-order valence-electron chi connectivity index (χ3n) is 10.1. The summed E-state index contributed by atoms with van der Waals surface area (Å²) < 4.78 is 5.05. The normalized spacial score (nSPS) is 12.2. The van der Waals surface area contributed by atoms with Crippen LogP contribution in [0.4, 0.5) is 0 Å². The summed E-state index contributed by atoms with van der Waals surface area (Å²) in [6, 6.07) is 57.7. The van der Waals surface area contributed by atoms with Gasteiger partial charge in [-0.25, -0.2) is 4.98 Å². The van der Waals surface area contributed by atoms with Crippen molar-refractivity contribution in [3.8, 4) is 50.3 Å². The van der Waals surface area contributed by atoms with Gasteiger partial charge in [-0.3, -0.25) is 0 Å². The molecule has 2 nitrogen and oxygen atoms in total. The molecule has 0 bridgehead atoms. The number of hydrogen-bond acceptors (Lipinski definition) is 2. The maximum Gasteiger partial charge on any atom is 0.0722 e. The maximum absolute atomic E-state index is 5.25. The largest absolute Gasteiger partial charge is 0.309 e. The van der Waals surface area contributed by atoms with Crippen LogP contribution in [0.3, 0.4) is 0 Å². The molecular formula is C45H26N2S. The number of benzene rings is 7. The molecule has 3 heteroatoms. The molecule has 0 atom stereocenters. The number of aromatic nitrogens is 2. The molecular weight excluding hydrogens is 601 g/mol. The smallest absolute Gasteiger partial charge is 0.0722 e. The Kier molecular flexibility index (Phi) is 5.29. The molecule has 0 fully saturated rings. The summed E-state index contributed by atoms with van der Waals surface area (Å²) in [6.45, 7) is 0. The number of fused-ring (bicyclic) bond motifs is 9. The minimum atomic E-state index is 1.000. The maximum atomic E-state index is 5.25. The third-order valence-corrected chi connectivity index (χ3v) is 11.3. The van der Waals surface area contributed by atoms with E-state index < -0.39 is 0 Å². The molecule has 0 spiro atoms. The van der Waals surface area contributed by atoms with E-state index in [1.165, 1.54) is 80.7 Å². The Morgan fingerprint density at radius 1 is 0.417 bits per heavy atom. The van der Waals surface area contributed by atoms with E-state index in [1.807, 2.05) is 11.3 Å². The van der Waals surface area contributed by atoms with Crippen molar-refractivity contribution in [1.82, 2.24) is 9.55 Å². The highest BCUT2D eigenvalue weighted by Gasteiger charge is 2.23. The third kappa shape index (κ3) is 3.65. The molecule has 11 rings (SSSR count). The van der Waals surface area contributed by atoms with Crippen LogP contribution in [0.5, 0.6) is 0 Å². The zero-order valence-corrected chi connectivity index (χ0v) is 26.6. The summed E-state index contributed by atoms with van der Waals surface area (Å²) in [5.74, 6) is 0. The van der Waals surface area contributed by atoms with Crippen LogP contribution in [0.15, 0.2) is 158 Å². The van der Waals surface area contributed by atoms with Crippen molar-refractivity contribution in [2.45, 2.75) is 0 Å². The van der Waals surface area contributed by atoms with Gasteiger partial charge in [0.1, 0.15) is 0 Å². The zero-order valence-electron chi connectivity index (χ0n) is 25.8. The van der Waals surface area contributed by atoms with Gasteiger partial charge in [0.2, 0.25) is 0 Å². The number of thiophene rings is 1. The minimum absolute atomic E-state index is 1.000. The van der Waals surface area contributed by atoms with Gasteiger partial charge in [0.25, 0.3) is 0 Å². The quantitative estimate of drug-likeness (QED) is 0.191. The summed E-state index contributed by atoms with van der Waals surface area (Å²) in [7, 11) is 0. The average molecular weight is 627 g/mol. The van der Waals surface area contributed by atoms with Crippen molar-refractivity contribution in [3.05, 3.63) is 158 Å². The standard InChI is InChI=1S/C45H26N2S/c1-2-9-30(10-3-1)47-41-20-17-27(28-19-22-44-37(24-28)33-13-6-7-16-43(33)48-44)23-35(41)36-25-29(18-21-42(36)47)40-26-38-32-12-5-4-11-31(32)34-14-8-15-39(46-40)45(34)38/h1-26H. The Hall–Kier alpha value is -6.03. The second-order valence-corrected chi connectivity index (χ2v) is 13.8. The summed E-state index contributed by atoms with van der Waals surface area (Å²) in [4.78, 5) is 5.25. The molecule has 0 saturated carbocycles. The fourth-order valence-corrected chi connectivity index (χ4v) is 9.03. The van der Waals surface area contributed by atoms with Crippen LogP contribution in [-0.4, -0.2) is 9.55 Å². The van der Waals surface area contributed by atoms with Crippen molar-refractivity contribution in [1.29, 1.82) is 0 Å². The predicted molar refractivity (Wildman–Crippen MR) is 204 cm³/mol. The molecule has 0 amide bonds. The van der Waals surface area contributed by atoms with Gasteiger partial charge >= 0.3 is 0 Å². The molecule has 222 valence electrons. The Balaban J connectivity index is 1.14. The SMILES string of the molecule is c1ccc(-n2c3ccc(-c4ccc5sc6ccccc6c5c4)cc3c3cc(-c4cc5c6c(cccc6n4)-c4ccccc4-5)ccc32)cc1. The molecule has 1 aliphatic rings. The lowest BCUT2D eigenvalue weighted by Gasteiger charge is -2.09. The monoisotopic (exact) mass is 626 g/mol. The lowest BCUT2D eigenvalue weighted by Crippen LogP contribution is -1.93. The van der Waals surface area contributed by atoms with Gasteiger partial charge in [-0.2, -0.15) is 0 Å². The zero-order chi connectivity index (χ0) is 31.3. The first kappa shape index (κ1) is 26.1. The predicted octanol–water partition coefficient (Wildman–Crippen LogP) is 12.7. The Labute approximate surface area is 280 Å². The topological polar surface area (TPSA) is 17.8 Å². The van der Waals surface area contributed by atoms with Gasteiger partial charge in [-0.05, 0) is 100 Å². The summed E-state index contributed by atoms with van der Waals surface area (Å²) >= 11 is 1.86. The molecule has 3 heterocycles. The number of pyridine rings is 1. The van der Waals surface area contributed by atoms with Crippen LogP contribution in [0, 0.1) is 0 Å². The Morgan fingerprint density at radius 2 is 1.04 bits per heavy atom. The number of hydrogen-bond donors (Lipinski definition) is 0. The van der Waals surface area contributed by atoms with Gasteiger partial charge in [0.05, 0.1) is 22.2 Å². The molecule has 0 aliphatic heterocycles. The Bertz CT molecular complexity index is 2950. The first-order valence-electron chi connectivity index (χ1n) is 16.4. The molecule has 7 aromatic carbocycles. The second-order valence-electron chi connectivity index (χ2n) is 12.7. The molecule has 0 N–H and O–H groups in total. The van der Waals surface area contributed by atoms with Crippen LogP contribution in [0.1, 0.15) is 0 Å². The van der Waals surface area contributed by atoms with E-state index in [4.69, 9.17) is 4.98 Å². The van der Waals surface area contributed by atoms with Crippen molar-refractivity contribution in [2.24, 2.45) is 0 Å². The van der Waals surface area contributed by atoms with E-state index in [0.29, 0.717) is 0 Å². The van der Waals surface area contributed by atoms with Gasteiger partial charge in [-0.1, -0.05) is 91.0 Å². The molecule has 10 aromatic rings. The van der Waals surface area contributed by atoms with Crippen molar-refractivity contribution in [2.75, 3.05) is 0 Å². The van der Waals surface area contributed by atoms with E-state index in [1.54, 1.807) is 0 Å². The molecule has 3 aromatic heterocycles. The van der Waals surface area contributed by atoms with Gasteiger partial charge in [0.15, 0.2) is 0 Å². The average Bonchev–Trinajstić information content (AvgIpc) is 3.80. The van der Waals surface area contributed by atoms with E-state index in [-0.39, 0.29) is 0 Å².